The molecule has 4 aliphatic rings. The topological polar surface area (TPSA) is 63.6 Å². The molecule has 0 amide bonds. The number of hydrogen-bond donors (Lipinski definition) is 1. The fraction of sp³-hybridized carbons (Fsp3) is 0.739. The predicted molar refractivity (Wildman–Crippen MR) is 105 cm³/mol. The number of fused-ring (bicyclic) bond motifs is 4. The highest BCUT2D eigenvalue weighted by molar-refractivity contribution is 5.81. The van der Waals surface area contributed by atoms with Crippen molar-refractivity contribution in [3.05, 3.63) is 24.3 Å². The number of hydrogen-bond acceptors (Lipinski definition) is 4. The second-order valence-corrected chi connectivity index (χ2v) is 9.25. The van der Waals surface area contributed by atoms with Gasteiger partial charge in [-0.2, -0.15) is 0 Å². The van der Waals surface area contributed by atoms with Gasteiger partial charge in [0.1, 0.15) is 11.4 Å². The first kappa shape index (κ1) is 20.3. The van der Waals surface area contributed by atoms with Gasteiger partial charge < -0.3 is 9.84 Å². The van der Waals surface area contributed by atoms with Crippen LogP contribution < -0.4 is 0 Å². The van der Waals surface area contributed by atoms with Gasteiger partial charge in [-0.15, -0.1) is 0 Å². The maximum atomic E-state index is 12.0. The Bertz CT molecular complexity index is 618. The minimum Gasteiger partial charge on any atom is -0.459 e. The van der Waals surface area contributed by atoms with Gasteiger partial charge in [-0.3, -0.25) is 9.59 Å². The summed E-state index contributed by atoms with van der Waals surface area (Å²) in [6.45, 7) is 5.73. The maximum absolute atomic E-state index is 12.0. The van der Waals surface area contributed by atoms with Crippen molar-refractivity contribution in [2.75, 3.05) is 6.61 Å². The Hall–Kier alpha value is -1.42. The number of carbonyl (C=O) groups excluding carboxylic acids is 2. The van der Waals surface area contributed by atoms with E-state index in [4.69, 9.17) is 9.84 Å². The van der Waals surface area contributed by atoms with Crippen LogP contribution >= 0.6 is 0 Å². The molecule has 4 aliphatic carbocycles. The average Bonchev–Trinajstić information content (AvgIpc) is 3.40. The van der Waals surface area contributed by atoms with Crippen LogP contribution in [0, 0.1) is 35.5 Å². The molecule has 0 aromatic rings. The molecule has 0 saturated heterocycles. The summed E-state index contributed by atoms with van der Waals surface area (Å²) in [5, 5.41) is 8.88. The number of rotatable bonds is 6. The lowest BCUT2D eigenvalue weighted by Crippen LogP contribution is -2.33. The number of esters is 1. The van der Waals surface area contributed by atoms with E-state index in [1.165, 1.54) is 6.42 Å². The summed E-state index contributed by atoms with van der Waals surface area (Å²) >= 11 is 0. The van der Waals surface area contributed by atoms with Crippen molar-refractivity contribution in [1.82, 2.24) is 0 Å². The van der Waals surface area contributed by atoms with E-state index in [2.05, 4.69) is 24.3 Å². The number of ketones is 1. The monoisotopic (exact) mass is 374 g/mol. The summed E-state index contributed by atoms with van der Waals surface area (Å²) in [7, 11) is 0. The molecule has 150 valence electrons. The number of ether oxygens (including phenoxy) is 1. The second-order valence-electron chi connectivity index (χ2n) is 9.25. The SMILES string of the molecule is CC(C)(CCO)OC(=O)[C@@H]1C[C@H]2C=C[C@@H]1C2.CCC(=O)C1C[C@H]2C=C[C@@H]1C2. The molecule has 0 aromatic heterocycles. The van der Waals surface area contributed by atoms with Gasteiger partial charge in [0, 0.05) is 25.4 Å². The van der Waals surface area contributed by atoms with Crippen molar-refractivity contribution in [3.8, 4) is 0 Å². The highest BCUT2D eigenvalue weighted by Gasteiger charge is 2.42. The van der Waals surface area contributed by atoms with E-state index in [9.17, 15) is 9.59 Å². The summed E-state index contributed by atoms with van der Waals surface area (Å²) in [6, 6.07) is 0. The Balaban J connectivity index is 0.000000166. The Labute approximate surface area is 163 Å². The van der Waals surface area contributed by atoms with Crippen molar-refractivity contribution in [2.45, 2.75) is 64.9 Å². The largest absolute Gasteiger partial charge is 0.459 e. The lowest BCUT2D eigenvalue weighted by molar-refractivity contribution is -0.163. The van der Waals surface area contributed by atoms with Crippen molar-refractivity contribution in [2.24, 2.45) is 35.5 Å². The normalized spacial score (nSPS) is 35.3. The smallest absolute Gasteiger partial charge is 0.310 e. The van der Waals surface area contributed by atoms with Crippen molar-refractivity contribution >= 4 is 11.8 Å². The molecule has 4 heteroatoms. The number of carbonyl (C=O) groups is 2. The standard InChI is InChI=1S/C13H20O3.C10H14O/c1-13(2,5-6-14)16-12(15)11-8-9-3-4-10(11)7-9;1-2-10(11)9-6-7-3-4-8(9)5-7/h3-4,9-11,14H,5-8H2,1-2H3;3-4,7-9H,2,5-6H2,1H3/t9-,10+,11+;7-,8+,9?/m00/s1. The van der Waals surface area contributed by atoms with Crippen LogP contribution in [-0.4, -0.2) is 29.1 Å². The molecule has 0 aromatic carbocycles. The van der Waals surface area contributed by atoms with Crippen molar-refractivity contribution in [1.29, 1.82) is 0 Å². The molecular weight excluding hydrogens is 340 g/mol. The van der Waals surface area contributed by atoms with Gasteiger partial charge >= 0.3 is 5.97 Å². The molecule has 0 radical (unpaired) electrons. The zero-order chi connectivity index (χ0) is 19.6. The second kappa shape index (κ2) is 8.30. The number of aliphatic hydroxyl groups excluding tert-OH is 1. The summed E-state index contributed by atoms with van der Waals surface area (Å²) < 4.78 is 5.48. The van der Waals surface area contributed by atoms with Crippen LogP contribution in [0.25, 0.3) is 0 Å². The van der Waals surface area contributed by atoms with Gasteiger partial charge in [-0.25, -0.2) is 0 Å². The van der Waals surface area contributed by atoms with E-state index in [1.54, 1.807) is 0 Å². The van der Waals surface area contributed by atoms with Gasteiger partial charge in [0.25, 0.3) is 0 Å². The maximum Gasteiger partial charge on any atom is 0.310 e. The van der Waals surface area contributed by atoms with Gasteiger partial charge in [-0.1, -0.05) is 31.2 Å². The molecule has 2 saturated carbocycles. The highest BCUT2D eigenvalue weighted by atomic mass is 16.6. The molecule has 6 atom stereocenters. The summed E-state index contributed by atoms with van der Waals surface area (Å²) in [5.74, 6) is 3.14. The van der Waals surface area contributed by atoms with Crippen LogP contribution in [0.2, 0.25) is 0 Å². The molecule has 4 bridgehead atoms. The molecule has 1 N–H and O–H groups in total. The van der Waals surface area contributed by atoms with Crippen LogP contribution in [0.4, 0.5) is 0 Å². The molecule has 4 nitrogen and oxygen atoms in total. The molecule has 0 heterocycles. The minimum absolute atomic E-state index is 0.0490. The lowest BCUT2D eigenvalue weighted by atomic mass is 9.89. The highest BCUT2D eigenvalue weighted by Crippen LogP contribution is 2.45. The quantitative estimate of drug-likeness (QED) is 0.562. The van der Waals surface area contributed by atoms with E-state index in [-0.39, 0.29) is 18.5 Å². The van der Waals surface area contributed by atoms with E-state index in [0.717, 1.165) is 31.6 Å². The number of allylic oxidation sites excluding steroid dienone is 4. The Morgan fingerprint density at radius 3 is 1.93 bits per heavy atom. The van der Waals surface area contributed by atoms with E-state index >= 15 is 0 Å². The van der Waals surface area contributed by atoms with Gasteiger partial charge in [0.05, 0.1) is 5.92 Å². The summed E-state index contributed by atoms with van der Waals surface area (Å²) in [6.07, 6.45) is 14.5. The van der Waals surface area contributed by atoms with E-state index in [0.29, 0.717) is 35.9 Å². The Morgan fingerprint density at radius 2 is 1.52 bits per heavy atom. The predicted octanol–water partition coefficient (Wildman–Crippen LogP) is 4.08. The first-order valence-electron chi connectivity index (χ1n) is 10.6. The fourth-order valence-electron chi connectivity index (χ4n) is 5.13. The molecule has 4 rings (SSSR count). The van der Waals surface area contributed by atoms with Gasteiger partial charge in [0.2, 0.25) is 0 Å². The molecule has 27 heavy (non-hydrogen) atoms. The first-order chi connectivity index (χ1) is 12.8. The first-order valence-corrected chi connectivity index (χ1v) is 10.6. The molecule has 1 unspecified atom stereocenters. The number of Topliss-reactive ketones (excluding diaryl/α,β-unsaturated/α-hetero) is 1. The zero-order valence-corrected chi connectivity index (χ0v) is 16.9. The molecule has 0 spiro atoms. The summed E-state index contributed by atoms with van der Waals surface area (Å²) in [5.41, 5.74) is -0.544. The number of aliphatic hydroxyl groups is 1. The third-order valence-electron chi connectivity index (χ3n) is 6.71. The van der Waals surface area contributed by atoms with Gasteiger partial charge in [-0.05, 0) is 63.2 Å². The zero-order valence-electron chi connectivity index (χ0n) is 16.9. The van der Waals surface area contributed by atoms with Crippen LogP contribution in [0.5, 0.6) is 0 Å². The molecule has 2 fully saturated rings. The third-order valence-corrected chi connectivity index (χ3v) is 6.71. The Morgan fingerprint density at radius 1 is 0.963 bits per heavy atom. The average molecular weight is 375 g/mol. The van der Waals surface area contributed by atoms with Crippen LogP contribution in [-0.2, 0) is 14.3 Å². The fourth-order valence-corrected chi connectivity index (χ4v) is 5.13. The van der Waals surface area contributed by atoms with E-state index < -0.39 is 5.60 Å². The lowest BCUT2D eigenvalue weighted by Gasteiger charge is -2.27. The van der Waals surface area contributed by atoms with Crippen molar-refractivity contribution in [3.63, 3.8) is 0 Å². The minimum atomic E-state index is -0.544. The Kier molecular flexibility index (Phi) is 6.25. The summed E-state index contributed by atoms with van der Waals surface area (Å²) in [4.78, 5) is 23.4. The van der Waals surface area contributed by atoms with Crippen LogP contribution in [0.1, 0.15) is 59.3 Å². The van der Waals surface area contributed by atoms with Crippen molar-refractivity contribution < 1.29 is 19.4 Å². The van der Waals surface area contributed by atoms with Crippen LogP contribution in [0.3, 0.4) is 0 Å². The van der Waals surface area contributed by atoms with Gasteiger partial charge in [0.15, 0.2) is 0 Å². The molecular formula is C23H34O4. The third kappa shape index (κ3) is 4.71. The molecule has 0 aliphatic heterocycles. The van der Waals surface area contributed by atoms with Crippen LogP contribution in [0.15, 0.2) is 24.3 Å². The van der Waals surface area contributed by atoms with E-state index in [1.807, 2.05) is 20.8 Å².